The van der Waals surface area contributed by atoms with Crippen LogP contribution in [-0.4, -0.2) is 46.5 Å². The predicted octanol–water partition coefficient (Wildman–Crippen LogP) is 1.89. The number of carboxylic acids is 1. The molecule has 1 spiro atoms. The van der Waals surface area contributed by atoms with Crippen molar-refractivity contribution in [3.8, 4) is 0 Å². The number of urea groups is 1. The molecule has 25 heavy (non-hydrogen) atoms. The number of carbonyl (C=O) groups excluding carboxylic acids is 2. The normalized spacial score (nSPS) is 21.9. The van der Waals surface area contributed by atoms with Crippen LogP contribution < -0.4 is 10.6 Å². The number of nitrogens with one attached hydrogen (secondary N) is 2. The summed E-state index contributed by atoms with van der Waals surface area (Å²) in [5.41, 5.74) is 2.11. The van der Waals surface area contributed by atoms with E-state index in [0.717, 1.165) is 16.8 Å². The highest BCUT2D eigenvalue weighted by molar-refractivity contribution is 5.91. The lowest BCUT2D eigenvalue weighted by Gasteiger charge is -2.41. The fraction of sp³-hybridized carbons (Fsp3) is 0.500. The lowest BCUT2D eigenvalue weighted by atomic mass is 9.78. The molecule has 134 valence electrons. The SMILES string of the molecule is Cc1ccc(C)c(NC(=O)N2CCC3(CC2)NC(=O)C[C@H]3C(=O)O)c1. The summed E-state index contributed by atoms with van der Waals surface area (Å²) < 4.78 is 0. The molecule has 7 heteroatoms. The van der Waals surface area contributed by atoms with Gasteiger partial charge in [0.1, 0.15) is 0 Å². The molecular weight excluding hydrogens is 322 g/mol. The van der Waals surface area contributed by atoms with E-state index in [-0.39, 0.29) is 18.4 Å². The zero-order chi connectivity index (χ0) is 18.2. The van der Waals surface area contributed by atoms with Crippen molar-refractivity contribution in [2.75, 3.05) is 18.4 Å². The third-order valence-electron chi connectivity index (χ3n) is 5.32. The van der Waals surface area contributed by atoms with Gasteiger partial charge in [0.25, 0.3) is 0 Å². The van der Waals surface area contributed by atoms with Crippen LogP contribution in [0, 0.1) is 19.8 Å². The van der Waals surface area contributed by atoms with Crippen LogP contribution in [0.2, 0.25) is 0 Å². The van der Waals surface area contributed by atoms with E-state index in [4.69, 9.17) is 0 Å². The number of rotatable bonds is 2. The number of aliphatic carboxylic acids is 1. The second kappa shape index (κ2) is 6.38. The lowest BCUT2D eigenvalue weighted by Crippen LogP contribution is -2.57. The molecule has 1 atom stereocenters. The van der Waals surface area contributed by atoms with Gasteiger partial charge in [0, 0.05) is 25.2 Å². The Labute approximate surface area is 146 Å². The van der Waals surface area contributed by atoms with E-state index in [1.165, 1.54) is 0 Å². The van der Waals surface area contributed by atoms with Gasteiger partial charge in [-0.15, -0.1) is 0 Å². The van der Waals surface area contributed by atoms with Gasteiger partial charge in [-0.25, -0.2) is 4.79 Å². The largest absolute Gasteiger partial charge is 0.481 e. The standard InChI is InChI=1S/C18H23N3O4/c1-11-3-4-12(2)14(9-11)19-17(25)21-7-5-18(6-8-21)13(16(23)24)10-15(22)20-18/h3-4,9,13H,5-8,10H2,1-2H3,(H,19,25)(H,20,22)(H,23,24)/t13-/m0/s1. The molecule has 1 aromatic carbocycles. The van der Waals surface area contributed by atoms with Crippen molar-refractivity contribution >= 4 is 23.6 Å². The first-order valence-corrected chi connectivity index (χ1v) is 8.48. The quantitative estimate of drug-likeness (QED) is 0.762. The first-order chi connectivity index (χ1) is 11.8. The summed E-state index contributed by atoms with van der Waals surface area (Å²) in [7, 11) is 0. The summed E-state index contributed by atoms with van der Waals surface area (Å²) >= 11 is 0. The molecule has 0 aromatic heterocycles. The summed E-state index contributed by atoms with van der Waals surface area (Å²) in [6.45, 7) is 4.74. The number of amides is 3. The van der Waals surface area contributed by atoms with E-state index < -0.39 is 17.4 Å². The van der Waals surface area contributed by atoms with E-state index in [1.54, 1.807) is 4.90 Å². The van der Waals surface area contributed by atoms with E-state index >= 15 is 0 Å². The van der Waals surface area contributed by atoms with Crippen LogP contribution in [0.5, 0.6) is 0 Å². The third kappa shape index (κ3) is 3.31. The number of carbonyl (C=O) groups is 3. The van der Waals surface area contributed by atoms with Gasteiger partial charge in [-0.3, -0.25) is 9.59 Å². The van der Waals surface area contributed by atoms with Gasteiger partial charge in [-0.1, -0.05) is 12.1 Å². The first kappa shape index (κ1) is 17.3. The fourth-order valence-corrected chi connectivity index (χ4v) is 3.77. The molecular formula is C18H23N3O4. The van der Waals surface area contributed by atoms with Crippen molar-refractivity contribution in [3.63, 3.8) is 0 Å². The molecule has 1 aromatic rings. The maximum Gasteiger partial charge on any atom is 0.321 e. The van der Waals surface area contributed by atoms with Crippen LogP contribution in [0.25, 0.3) is 0 Å². The Kier molecular flexibility index (Phi) is 4.41. The van der Waals surface area contributed by atoms with Crippen LogP contribution in [-0.2, 0) is 9.59 Å². The third-order valence-corrected chi connectivity index (χ3v) is 5.32. The highest BCUT2D eigenvalue weighted by atomic mass is 16.4. The smallest absolute Gasteiger partial charge is 0.321 e. The number of anilines is 1. The topological polar surface area (TPSA) is 98.7 Å². The van der Waals surface area contributed by atoms with Crippen molar-refractivity contribution in [1.82, 2.24) is 10.2 Å². The zero-order valence-electron chi connectivity index (χ0n) is 14.5. The zero-order valence-corrected chi connectivity index (χ0v) is 14.5. The minimum Gasteiger partial charge on any atom is -0.481 e. The van der Waals surface area contributed by atoms with Gasteiger partial charge in [-0.05, 0) is 43.9 Å². The molecule has 3 N–H and O–H groups in total. The number of benzene rings is 1. The molecule has 0 radical (unpaired) electrons. The summed E-state index contributed by atoms with van der Waals surface area (Å²) in [4.78, 5) is 37.4. The molecule has 2 aliphatic heterocycles. The molecule has 0 saturated carbocycles. The van der Waals surface area contributed by atoms with Crippen molar-refractivity contribution in [2.45, 2.75) is 38.6 Å². The minimum atomic E-state index is -0.952. The molecule has 7 nitrogen and oxygen atoms in total. The van der Waals surface area contributed by atoms with Gasteiger partial charge in [0.15, 0.2) is 0 Å². The molecule has 0 bridgehead atoms. The van der Waals surface area contributed by atoms with E-state index in [1.807, 2.05) is 32.0 Å². The van der Waals surface area contributed by atoms with E-state index in [2.05, 4.69) is 10.6 Å². The van der Waals surface area contributed by atoms with Crippen LogP contribution >= 0.6 is 0 Å². The van der Waals surface area contributed by atoms with Crippen molar-refractivity contribution in [1.29, 1.82) is 0 Å². The van der Waals surface area contributed by atoms with Crippen LogP contribution in [0.4, 0.5) is 10.5 Å². The number of hydrogen-bond donors (Lipinski definition) is 3. The highest BCUT2D eigenvalue weighted by Gasteiger charge is 2.52. The van der Waals surface area contributed by atoms with E-state index in [0.29, 0.717) is 25.9 Å². The number of piperidine rings is 1. The van der Waals surface area contributed by atoms with Crippen LogP contribution in [0.15, 0.2) is 18.2 Å². The summed E-state index contributed by atoms with van der Waals surface area (Å²) in [6, 6.07) is 5.68. The average molecular weight is 345 g/mol. The average Bonchev–Trinajstić information content (AvgIpc) is 2.88. The predicted molar refractivity (Wildman–Crippen MR) is 92.4 cm³/mol. The molecule has 0 aliphatic carbocycles. The fourth-order valence-electron chi connectivity index (χ4n) is 3.77. The van der Waals surface area contributed by atoms with E-state index in [9.17, 15) is 19.5 Å². The van der Waals surface area contributed by atoms with Gasteiger partial charge in [-0.2, -0.15) is 0 Å². The Morgan fingerprint density at radius 3 is 2.60 bits per heavy atom. The molecule has 2 heterocycles. The molecule has 3 amide bonds. The monoisotopic (exact) mass is 345 g/mol. The first-order valence-electron chi connectivity index (χ1n) is 8.48. The minimum absolute atomic E-state index is 0.0179. The van der Waals surface area contributed by atoms with Crippen molar-refractivity contribution in [2.24, 2.45) is 5.92 Å². The molecule has 2 aliphatic rings. The molecule has 3 rings (SSSR count). The van der Waals surface area contributed by atoms with Gasteiger partial charge in [0.2, 0.25) is 5.91 Å². The highest BCUT2D eigenvalue weighted by Crippen LogP contribution is 2.37. The Hall–Kier alpha value is -2.57. The van der Waals surface area contributed by atoms with Crippen molar-refractivity contribution in [3.05, 3.63) is 29.3 Å². The Bertz CT molecular complexity index is 723. The summed E-state index contributed by atoms with van der Waals surface area (Å²) in [5, 5.41) is 15.2. The number of nitrogens with zero attached hydrogens (tertiary/aromatic N) is 1. The molecule has 2 saturated heterocycles. The maximum absolute atomic E-state index is 12.5. The van der Waals surface area contributed by atoms with Gasteiger partial charge in [0.05, 0.1) is 11.5 Å². The lowest BCUT2D eigenvalue weighted by molar-refractivity contribution is -0.144. The maximum atomic E-state index is 12.5. The second-order valence-electron chi connectivity index (χ2n) is 7.03. The Morgan fingerprint density at radius 2 is 1.96 bits per heavy atom. The summed E-state index contributed by atoms with van der Waals surface area (Å²) in [6.07, 6.45) is 0.926. The number of aryl methyl sites for hydroxylation is 2. The number of carboxylic acid groups (broad SMARTS) is 1. The number of hydrogen-bond acceptors (Lipinski definition) is 3. The van der Waals surface area contributed by atoms with Crippen LogP contribution in [0.3, 0.4) is 0 Å². The Balaban J connectivity index is 1.66. The molecule has 2 fully saturated rings. The molecule has 0 unspecified atom stereocenters. The van der Waals surface area contributed by atoms with Gasteiger partial charge >= 0.3 is 12.0 Å². The summed E-state index contributed by atoms with van der Waals surface area (Å²) in [5.74, 6) is -1.89. The van der Waals surface area contributed by atoms with Gasteiger partial charge < -0.3 is 20.6 Å². The second-order valence-corrected chi connectivity index (χ2v) is 7.03. The van der Waals surface area contributed by atoms with Crippen molar-refractivity contribution < 1.29 is 19.5 Å². The van der Waals surface area contributed by atoms with Crippen LogP contribution in [0.1, 0.15) is 30.4 Å². The Morgan fingerprint density at radius 1 is 1.28 bits per heavy atom. The number of likely N-dealkylation sites (tertiary alicyclic amines) is 1.